The van der Waals surface area contributed by atoms with Crippen molar-refractivity contribution in [2.24, 2.45) is 5.73 Å². The topological polar surface area (TPSA) is 29.3 Å². The van der Waals surface area contributed by atoms with Crippen LogP contribution < -0.4 is 10.6 Å². The number of anilines is 1. The summed E-state index contributed by atoms with van der Waals surface area (Å²) in [5.74, 6) is 0. The van der Waals surface area contributed by atoms with Gasteiger partial charge in [0, 0.05) is 18.3 Å². The standard InChI is InChI=1S/C18H22N2/c1-14-12-16-7-4-5-9-18(16)20(14)13-17-8-3-2-6-15(17)10-11-19/h2-9,14H,10-13,19H2,1H3. The van der Waals surface area contributed by atoms with Gasteiger partial charge in [-0.2, -0.15) is 0 Å². The summed E-state index contributed by atoms with van der Waals surface area (Å²) in [4.78, 5) is 2.52. The van der Waals surface area contributed by atoms with E-state index in [-0.39, 0.29) is 0 Å². The van der Waals surface area contributed by atoms with Gasteiger partial charge in [-0.1, -0.05) is 42.5 Å². The molecule has 0 fully saturated rings. The largest absolute Gasteiger partial charge is 0.364 e. The number of hydrogen-bond acceptors (Lipinski definition) is 2. The highest BCUT2D eigenvalue weighted by atomic mass is 15.2. The molecule has 2 aromatic rings. The lowest BCUT2D eigenvalue weighted by molar-refractivity contribution is 0.669. The van der Waals surface area contributed by atoms with E-state index in [1.807, 2.05) is 0 Å². The fraction of sp³-hybridized carbons (Fsp3) is 0.333. The van der Waals surface area contributed by atoms with Crippen molar-refractivity contribution in [2.45, 2.75) is 32.4 Å². The van der Waals surface area contributed by atoms with Crippen LogP contribution in [0.1, 0.15) is 23.6 Å². The molecular formula is C18H22N2. The number of nitrogens with zero attached hydrogens (tertiary/aromatic N) is 1. The van der Waals surface area contributed by atoms with Crippen LogP contribution in [-0.2, 0) is 19.4 Å². The minimum absolute atomic E-state index is 0.568. The molecule has 1 heterocycles. The maximum absolute atomic E-state index is 5.73. The molecule has 1 aliphatic rings. The molecule has 0 saturated heterocycles. The fourth-order valence-corrected chi connectivity index (χ4v) is 3.17. The highest BCUT2D eigenvalue weighted by Gasteiger charge is 2.25. The van der Waals surface area contributed by atoms with Crippen molar-refractivity contribution in [1.29, 1.82) is 0 Å². The summed E-state index contributed by atoms with van der Waals surface area (Å²) in [6.07, 6.45) is 2.11. The third-order valence-electron chi connectivity index (χ3n) is 4.22. The van der Waals surface area contributed by atoms with Crippen LogP contribution >= 0.6 is 0 Å². The molecule has 0 aromatic heterocycles. The van der Waals surface area contributed by atoms with E-state index in [9.17, 15) is 0 Å². The van der Waals surface area contributed by atoms with E-state index < -0.39 is 0 Å². The predicted molar refractivity (Wildman–Crippen MR) is 85.0 cm³/mol. The normalized spacial score (nSPS) is 17.3. The quantitative estimate of drug-likeness (QED) is 0.921. The molecule has 20 heavy (non-hydrogen) atoms. The minimum Gasteiger partial charge on any atom is -0.364 e. The lowest BCUT2D eigenvalue weighted by Gasteiger charge is -2.26. The van der Waals surface area contributed by atoms with Crippen LogP contribution in [0, 0.1) is 0 Å². The molecule has 0 radical (unpaired) electrons. The molecule has 2 heteroatoms. The van der Waals surface area contributed by atoms with Crippen molar-refractivity contribution < 1.29 is 0 Å². The Morgan fingerprint density at radius 2 is 1.75 bits per heavy atom. The lowest BCUT2D eigenvalue weighted by Crippen LogP contribution is -2.29. The summed E-state index contributed by atoms with van der Waals surface area (Å²) in [6, 6.07) is 18.0. The van der Waals surface area contributed by atoms with E-state index in [4.69, 9.17) is 5.73 Å². The van der Waals surface area contributed by atoms with Crippen LogP contribution in [-0.4, -0.2) is 12.6 Å². The molecular weight excluding hydrogens is 244 g/mol. The van der Waals surface area contributed by atoms with E-state index >= 15 is 0 Å². The van der Waals surface area contributed by atoms with Crippen LogP contribution in [0.25, 0.3) is 0 Å². The van der Waals surface area contributed by atoms with E-state index in [1.54, 1.807) is 0 Å². The second-order valence-corrected chi connectivity index (χ2v) is 5.62. The molecule has 1 atom stereocenters. The summed E-state index contributed by atoms with van der Waals surface area (Å²) < 4.78 is 0. The summed E-state index contributed by atoms with van der Waals surface area (Å²) >= 11 is 0. The van der Waals surface area contributed by atoms with Gasteiger partial charge in [-0.3, -0.25) is 0 Å². The Hall–Kier alpha value is -1.80. The van der Waals surface area contributed by atoms with Crippen molar-refractivity contribution in [3.63, 3.8) is 0 Å². The first kappa shape index (κ1) is 13.2. The van der Waals surface area contributed by atoms with Crippen molar-refractivity contribution in [1.82, 2.24) is 0 Å². The number of benzene rings is 2. The van der Waals surface area contributed by atoms with Crippen molar-refractivity contribution in [3.8, 4) is 0 Å². The molecule has 1 aliphatic heterocycles. The van der Waals surface area contributed by atoms with Crippen LogP contribution in [0.5, 0.6) is 0 Å². The number of para-hydroxylation sites is 1. The van der Waals surface area contributed by atoms with E-state index in [2.05, 4.69) is 60.4 Å². The maximum Gasteiger partial charge on any atom is 0.0435 e. The molecule has 3 rings (SSSR count). The first-order valence-corrected chi connectivity index (χ1v) is 7.41. The number of fused-ring (bicyclic) bond motifs is 1. The highest BCUT2D eigenvalue weighted by Crippen LogP contribution is 2.33. The monoisotopic (exact) mass is 266 g/mol. The Morgan fingerprint density at radius 3 is 2.55 bits per heavy atom. The summed E-state index contributed by atoms with van der Waals surface area (Å²) in [7, 11) is 0. The molecule has 2 aromatic carbocycles. The van der Waals surface area contributed by atoms with E-state index in [0.29, 0.717) is 12.6 Å². The molecule has 104 valence electrons. The summed E-state index contributed by atoms with van der Waals surface area (Å²) in [5.41, 5.74) is 11.4. The third kappa shape index (κ3) is 2.44. The van der Waals surface area contributed by atoms with E-state index in [0.717, 1.165) is 19.4 Å². The zero-order chi connectivity index (χ0) is 13.9. The van der Waals surface area contributed by atoms with Crippen molar-refractivity contribution in [2.75, 3.05) is 11.4 Å². The van der Waals surface area contributed by atoms with Gasteiger partial charge in [0.05, 0.1) is 0 Å². The fourth-order valence-electron chi connectivity index (χ4n) is 3.17. The SMILES string of the molecule is CC1Cc2ccccc2N1Cc1ccccc1CCN. The van der Waals surface area contributed by atoms with Crippen LogP contribution in [0.15, 0.2) is 48.5 Å². The van der Waals surface area contributed by atoms with Crippen LogP contribution in [0.4, 0.5) is 5.69 Å². The Labute approximate surface area is 121 Å². The summed E-state index contributed by atoms with van der Waals surface area (Å²) in [5, 5.41) is 0. The van der Waals surface area contributed by atoms with Gasteiger partial charge in [0.2, 0.25) is 0 Å². The molecule has 2 N–H and O–H groups in total. The zero-order valence-corrected chi connectivity index (χ0v) is 12.0. The van der Waals surface area contributed by atoms with Gasteiger partial charge < -0.3 is 10.6 Å². The molecule has 0 saturated carbocycles. The number of rotatable bonds is 4. The number of hydrogen-bond donors (Lipinski definition) is 1. The first-order chi connectivity index (χ1) is 9.79. The first-order valence-electron chi connectivity index (χ1n) is 7.41. The highest BCUT2D eigenvalue weighted by molar-refractivity contribution is 5.59. The molecule has 0 spiro atoms. The van der Waals surface area contributed by atoms with Gasteiger partial charge in [-0.25, -0.2) is 0 Å². The van der Waals surface area contributed by atoms with Gasteiger partial charge in [-0.15, -0.1) is 0 Å². The molecule has 0 aliphatic carbocycles. The smallest absolute Gasteiger partial charge is 0.0435 e. The van der Waals surface area contributed by atoms with Crippen molar-refractivity contribution in [3.05, 3.63) is 65.2 Å². The molecule has 2 nitrogen and oxygen atoms in total. The zero-order valence-electron chi connectivity index (χ0n) is 12.0. The minimum atomic E-state index is 0.568. The average Bonchev–Trinajstić information content (AvgIpc) is 2.78. The number of nitrogens with two attached hydrogens (primary N) is 1. The van der Waals surface area contributed by atoms with Crippen LogP contribution in [0.2, 0.25) is 0 Å². The predicted octanol–water partition coefficient (Wildman–Crippen LogP) is 3.14. The van der Waals surface area contributed by atoms with Gasteiger partial charge in [0.15, 0.2) is 0 Å². The summed E-state index contributed by atoms with van der Waals surface area (Å²) in [6.45, 7) is 4.00. The van der Waals surface area contributed by atoms with Gasteiger partial charge >= 0.3 is 0 Å². The van der Waals surface area contributed by atoms with E-state index in [1.165, 1.54) is 22.4 Å². The second kappa shape index (κ2) is 5.68. The van der Waals surface area contributed by atoms with Gasteiger partial charge in [-0.05, 0) is 49.1 Å². The lowest BCUT2D eigenvalue weighted by atomic mass is 10.0. The van der Waals surface area contributed by atoms with Crippen molar-refractivity contribution >= 4 is 5.69 Å². The van der Waals surface area contributed by atoms with Gasteiger partial charge in [0.25, 0.3) is 0 Å². The second-order valence-electron chi connectivity index (χ2n) is 5.62. The molecule has 0 bridgehead atoms. The maximum atomic E-state index is 5.73. The Morgan fingerprint density at radius 1 is 1.05 bits per heavy atom. The Balaban J connectivity index is 1.88. The van der Waals surface area contributed by atoms with Gasteiger partial charge in [0.1, 0.15) is 0 Å². The van der Waals surface area contributed by atoms with Crippen LogP contribution in [0.3, 0.4) is 0 Å². The Bertz CT molecular complexity index is 591. The Kier molecular flexibility index (Phi) is 3.75. The third-order valence-corrected chi connectivity index (χ3v) is 4.22. The molecule has 1 unspecified atom stereocenters. The average molecular weight is 266 g/mol. The molecule has 0 amide bonds.